The second kappa shape index (κ2) is 8.64. The van der Waals surface area contributed by atoms with E-state index < -0.39 is 0 Å². The van der Waals surface area contributed by atoms with Gasteiger partial charge < -0.3 is 15.0 Å². The van der Waals surface area contributed by atoms with Crippen molar-refractivity contribution in [1.82, 2.24) is 15.2 Å². The van der Waals surface area contributed by atoms with E-state index in [0.717, 1.165) is 53.7 Å². The van der Waals surface area contributed by atoms with Crippen LogP contribution in [0.3, 0.4) is 0 Å². The van der Waals surface area contributed by atoms with Crippen molar-refractivity contribution in [2.24, 2.45) is 0 Å². The highest BCUT2D eigenvalue weighted by Crippen LogP contribution is 2.31. The maximum atomic E-state index is 12.6. The predicted molar refractivity (Wildman–Crippen MR) is 105 cm³/mol. The Morgan fingerprint density at radius 2 is 2.04 bits per heavy atom. The molecule has 1 fully saturated rings. The van der Waals surface area contributed by atoms with Gasteiger partial charge >= 0.3 is 6.03 Å². The molecule has 0 unspecified atom stereocenters. The molecule has 1 atom stereocenters. The summed E-state index contributed by atoms with van der Waals surface area (Å²) in [5, 5.41) is 4.13. The van der Waals surface area contributed by atoms with Crippen molar-refractivity contribution in [3.8, 4) is 10.6 Å². The zero-order valence-corrected chi connectivity index (χ0v) is 16.5. The Morgan fingerprint density at radius 1 is 1.35 bits per heavy atom. The Labute approximate surface area is 159 Å². The van der Waals surface area contributed by atoms with E-state index >= 15 is 0 Å². The highest BCUT2D eigenvalue weighted by atomic mass is 32.1. The number of piperidine rings is 1. The lowest BCUT2D eigenvalue weighted by Gasteiger charge is -2.32. The van der Waals surface area contributed by atoms with Crippen molar-refractivity contribution >= 4 is 17.4 Å². The molecule has 6 heteroatoms. The number of nitrogens with one attached hydrogen (secondary N) is 1. The van der Waals surface area contributed by atoms with Crippen LogP contribution >= 0.6 is 11.3 Å². The lowest BCUT2D eigenvalue weighted by atomic mass is 10.1. The number of rotatable bonds is 5. The van der Waals surface area contributed by atoms with Crippen LogP contribution in [0, 0.1) is 6.92 Å². The molecule has 0 radical (unpaired) electrons. The van der Waals surface area contributed by atoms with Gasteiger partial charge in [-0.1, -0.05) is 30.3 Å². The Morgan fingerprint density at radius 3 is 2.69 bits per heavy atom. The van der Waals surface area contributed by atoms with Crippen LogP contribution in [0.1, 0.15) is 43.3 Å². The summed E-state index contributed by atoms with van der Waals surface area (Å²) in [4.78, 5) is 20.3. The summed E-state index contributed by atoms with van der Waals surface area (Å²) in [5.41, 5.74) is 2.10. The summed E-state index contributed by atoms with van der Waals surface area (Å²) in [6.45, 7) is 8.29. The molecule has 5 nitrogen and oxygen atoms in total. The third-order valence-corrected chi connectivity index (χ3v) is 6.11. The van der Waals surface area contributed by atoms with Gasteiger partial charge in [-0.3, -0.25) is 0 Å². The van der Waals surface area contributed by atoms with Gasteiger partial charge in [0, 0.05) is 25.3 Å². The number of hydrogen-bond donors (Lipinski definition) is 1. The number of amides is 2. The van der Waals surface area contributed by atoms with E-state index in [1.165, 1.54) is 0 Å². The first-order valence-electron chi connectivity index (χ1n) is 9.28. The van der Waals surface area contributed by atoms with Crippen LogP contribution in [-0.4, -0.2) is 41.7 Å². The molecule has 0 spiro atoms. The van der Waals surface area contributed by atoms with Crippen LogP contribution in [0.5, 0.6) is 0 Å². The number of benzene rings is 1. The molecular weight excluding hydrogens is 346 g/mol. The monoisotopic (exact) mass is 373 g/mol. The third kappa shape index (κ3) is 4.43. The number of nitrogens with zero attached hydrogens (tertiary/aromatic N) is 2. The highest BCUT2D eigenvalue weighted by Gasteiger charge is 2.25. The molecule has 3 rings (SSSR count). The van der Waals surface area contributed by atoms with Gasteiger partial charge in [0.15, 0.2) is 0 Å². The maximum Gasteiger partial charge on any atom is 0.317 e. The summed E-state index contributed by atoms with van der Waals surface area (Å²) >= 11 is 1.65. The molecule has 2 heterocycles. The SMILES string of the molecule is CCOC1CCN(C(=O)N[C@H](C)c2sc(-c3ccccc3)nc2C)CC1. The van der Waals surface area contributed by atoms with Crippen LogP contribution in [0.2, 0.25) is 0 Å². The first kappa shape index (κ1) is 18.9. The minimum Gasteiger partial charge on any atom is -0.378 e. The van der Waals surface area contributed by atoms with Gasteiger partial charge in [-0.05, 0) is 33.6 Å². The Bertz CT molecular complexity index is 724. The molecule has 1 N–H and O–H groups in total. The molecule has 2 amide bonds. The van der Waals surface area contributed by atoms with Gasteiger partial charge in [-0.2, -0.15) is 0 Å². The fourth-order valence-corrected chi connectivity index (χ4v) is 4.39. The molecule has 2 aromatic rings. The third-order valence-electron chi connectivity index (χ3n) is 4.72. The fraction of sp³-hybridized carbons (Fsp3) is 0.500. The van der Waals surface area contributed by atoms with Crippen LogP contribution < -0.4 is 5.32 Å². The molecule has 1 saturated heterocycles. The van der Waals surface area contributed by atoms with Gasteiger partial charge in [-0.15, -0.1) is 11.3 Å². The molecule has 1 aliphatic rings. The number of thiazole rings is 1. The van der Waals surface area contributed by atoms with Crippen LogP contribution in [0.25, 0.3) is 10.6 Å². The molecule has 1 aromatic heterocycles. The fourth-order valence-electron chi connectivity index (χ4n) is 3.32. The quantitative estimate of drug-likeness (QED) is 0.846. The molecule has 0 bridgehead atoms. The van der Waals surface area contributed by atoms with E-state index in [4.69, 9.17) is 4.74 Å². The zero-order valence-electron chi connectivity index (χ0n) is 15.7. The van der Waals surface area contributed by atoms with Crippen molar-refractivity contribution < 1.29 is 9.53 Å². The molecule has 140 valence electrons. The molecule has 1 aliphatic heterocycles. The van der Waals surface area contributed by atoms with Crippen LogP contribution in [-0.2, 0) is 4.74 Å². The first-order valence-corrected chi connectivity index (χ1v) is 10.1. The maximum absolute atomic E-state index is 12.6. The number of aromatic nitrogens is 1. The Kier molecular flexibility index (Phi) is 6.27. The molecule has 26 heavy (non-hydrogen) atoms. The number of carbonyl (C=O) groups excluding carboxylic acids is 1. The van der Waals surface area contributed by atoms with Gasteiger partial charge in [0.05, 0.1) is 22.7 Å². The summed E-state index contributed by atoms with van der Waals surface area (Å²) in [7, 11) is 0. The van der Waals surface area contributed by atoms with E-state index in [-0.39, 0.29) is 12.1 Å². The first-order chi connectivity index (χ1) is 12.6. The van der Waals surface area contributed by atoms with E-state index in [9.17, 15) is 4.79 Å². The number of likely N-dealkylation sites (tertiary alicyclic amines) is 1. The van der Waals surface area contributed by atoms with Gasteiger partial charge in [0.2, 0.25) is 0 Å². The highest BCUT2D eigenvalue weighted by molar-refractivity contribution is 7.15. The number of ether oxygens (including phenoxy) is 1. The Balaban J connectivity index is 1.61. The van der Waals surface area contributed by atoms with E-state index in [2.05, 4.69) is 22.4 Å². The normalized spacial score (nSPS) is 16.5. The average Bonchev–Trinajstić information content (AvgIpc) is 3.05. The van der Waals surface area contributed by atoms with Crippen molar-refractivity contribution in [3.05, 3.63) is 40.9 Å². The molecule has 1 aromatic carbocycles. The standard InChI is InChI=1S/C20H27N3O2S/c1-4-25-17-10-12-23(13-11-17)20(24)22-15(3)18-14(2)21-19(26-18)16-8-6-5-7-9-16/h5-9,15,17H,4,10-13H2,1-3H3,(H,22,24)/t15-/m1/s1. The molecule has 0 saturated carbocycles. The van der Waals surface area contributed by atoms with Gasteiger partial charge in [0.25, 0.3) is 0 Å². The minimum atomic E-state index is -0.0536. The second-order valence-electron chi connectivity index (χ2n) is 6.65. The summed E-state index contributed by atoms with van der Waals surface area (Å²) in [6, 6.07) is 10.1. The van der Waals surface area contributed by atoms with Crippen LogP contribution in [0.15, 0.2) is 30.3 Å². The minimum absolute atomic E-state index is 0.00140. The van der Waals surface area contributed by atoms with Crippen molar-refractivity contribution in [1.29, 1.82) is 0 Å². The molecule has 0 aliphatic carbocycles. The smallest absolute Gasteiger partial charge is 0.317 e. The van der Waals surface area contributed by atoms with Gasteiger partial charge in [0.1, 0.15) is 5.01 Å². The van der Waals surface area contributed by atoms with Crippen molar-refractivity contribution in [3.63, 3.8) is 0 Å². The number of carbonyl (C=O) groups is 1. The largest absolute Gasteiger partial charge is 0.378 e. The average molecular weight is 374 g/mol. The lowest BCUT2D eigenvalue weighted by molar-refractivity contribution is 0.0218. The lowest BCUT2D eigenvalue weighted by Crippen LogP contribution is -2.46. The van der Waals surface area contributed by atoms with E-state index in [1.807, 2.05) is 43.9 Å². The van der Waals surface area contributed by atoms with Crippen molar-refractivity contribution in [2.75, 3.05) is 19.7 Å². The van der Waals surface area contributed by atoms with Gasteiger partial charge in [-0.25, -0.2) is 9.78 Å². The number of aryl methyl sites for hydroxylation is 1. The Hall–Kier alpha value is -1.92. The summed E-state index contributed by atoms with van der Waals surface area (Å²) in [6.07, 6.45) is 2.11. The number of hydrogen-bond acceptors (Lipinski definition) is 4. The predicted octanol–water partition coefficient (Wildman–Crippen LogP) is 4.39. The van der Waals surface area contributed by atoms with Crippen molar-refractivity contribution in [2.45, 2.75) is 45.8 Å². The second-order valence-corrected chi connectivity index (χ2v) is 7.68. The van der Waals surface area contributed by atoms with E-state index in [0.29, 0.717) is 6.10 Å². The number of urea groups is 1. The van der Waals surface area contributed by atoms with Crippen LogP contribution in [0.4, 0.5) is 4.79 Å². The zero-order chi connectivity index (χ0) is 18.5. The van der Waals surface area contributed by atoms with E-state index in [1.54, 1.807) is 11.3 Å². The molecular formula is C20H27N3O2S. The summed E-state index contributed by atoms with van der Waals surface area (Å²) < 4.78 is 5.66. The topological polar surface area (TPSA) is 54.5 Å². The summed E-state index contributed by atoms with van der Waals surface area (Å²) in [5.74, 6) is 0.